The van der Waals surface area contributed by atoms with E-state index in [0.29, 0.717) is 5.56 Å². The third-order valence-electron chi connectivity index (χ3n) is 2.86. The van der Waals surface area contributed by atoms with Gasteiger partial charge in [0.1, 0.15) is 0 Å². The molecular formula is C14H14Br2N4O. The van der Waals surface area contributed by atoms with Gasteiger partial charge in [0, 0.05) is 14.5 Å². The number of rotatable bonds is 4. The largest absolute Gasteiger partial charge is 0.289 e. The average Bonchev–Trinajstić information content (AvgIpc) is 2.46. The van der Waals surface area contributed by atoms with Gasteiger partial charge in [0.15, 0.2) is 0 Å². The number of nitrogens with zero attached hydrogens (tertiary/aromatic N) is 3. The van der Waals surface area contributed by atoms with Gasteiger partial charge in [-0.1, -0.05) is 45.7 Å². The maximum atomic E-state index is 12.2. The van der Waals surface area contributed by atoms with Crippen LogP contribution in [0.1, 0.15) is 35.6 Å². The molecular weight excluding hydrogens is 400 g/mol. The fourth-order valence-corrected chi connectivity index (χ4v) is 3.14. The van der Waals surface area contributed by atoms with Gasteiger partial charge in [-0.3, -0.25) is 10.1 Å². The number of aromatic nitrogens is 3. The van der Waals surface area contributed by atoms with Crippen LogP contribution in [0.15, 0.2) is 27.1 Å². The lowest BCUT2D eigenvalue weighted by molar-refractivity contribution is 0.102. The second kappa shape index (κ2) is 7.09. The van der Waals surface area contributed by atoms with Gasteiger partial charge in [0.05, 0.1) is 11.4 Å². The first-order valence-electron chi connectivity index (χ1n) is 6.53. The maximum Gasteiger partial charge on any atom is 0.258 e. The lowest BCUT2D eigenvalue weighted by Gasteiger charge is -2.07. The maximum absolute atomic E-state index is 12.2. The number of amides is 1. The van der Waals surface area contributed by atoms with E-state index in [-0.39, 0.29) is 11.9 Å². The summed E-state index contributed by atoms with van der Waals surface area (Å²) >= 11 is 6.71. The van der Waals surface area contributed by atoms with Crippen molar-refractivity contribution < 1.29 is 4.79 Å². The van der Waals surface area contributed by atoms with Gasteiger partial charge in [0.2, 0.25) is 5.95 Å². The summed E-state index contributed by atoms with van der Waals surface area (Å²) < 4.78 is 1.63. The van der Waals surface area contributed by atoms with Crippen LogP contribution in [0.3, 0.4) is 0 Å². The van der Waals surface area contributed by atoms with Crippen LogP contribution in [-0.4, -0.2) is 21.1 Å². The number of benzene rings is 1. The van der Waals surface area contributed by atoms with E-state index in [9.17, 15) is 4.79 Å². The minimum Gasteiger partial charge on any atom is -0.289 e. The standard InChI is InChI=1S/C14H14Br2N4O/c1-3-11-12(4-2)19-20-14(17-11)18-13(21)8-5-9(15)7-10(16)6-8/h5-7H,3-4H2,1-2H3,(H,17,18,20,21). The molecule has 21 heavy (non-hydrogen) atoms. The molecule has 2 aromatic rings. The summed E-state index contributed by atoms with van der Waals surface area (Å²) in [5.41, 5.74) is 2.23. The molecule has 0 saturated carbocycles. The van der Waals surface area contributed by atoms with Crippen molar-refractivity contribution in [2.24, 2.45) is 0 Å². The highest BCUT2D eigenvalue weighted by Gasteiger charge is 2.12. The Bertz CT molecular complexity index is 656. The predicted molar refractivity (Wildman–Crippen MR) is 88.4 cm³/mol. The molecule has 0 unspecified atom stereocenters. The molecule has 110 valence electrons. The van der Waals surface area contributed by atoms with Gasteiger partial charge in [-0.05, 0) is 31.0 Å². The number of hydrogen-bond acceptors (Lipinski definition) is 4. The lowest BCUT2D eigenvalue weighted by atomic mass is 10.2. The van der Waals surface area contributed by atoms with E-state index in [2.05, 4.69) is 52.4 Å². The van der Waals surface area contributed by atoms with Crippen molar-refractivity contribution in [3.05, 3.63) is 44.1 Å². The van der Waals surface area contributed by atoms with Gasteiger partial charge < -0.3 is 0 Å². The lowest BCUT2D eigenvalue weighted by Crippen LogP contribution is -2.16. The van der Waals surface area contributed by atoms with E-state index in [4.69, 9.17) is 0 Å². The van der Waals surface area contributed by atoms with Crippen molar-refractivity contribution in [2.75, 3.05) is 5.32 Å². The summed E-state index contributed by atoms with van der Waals surface area (Å²) in [5, 5.41) is 10.7. The molecule has 0 saturated heterocycles. The Hall–Kier alpha value is -1.34. The SMILES string of the molecule is CCc1nnc(NC(=O)c2cc(Br)cc(Br)c2)nc1CC. The van der Waals surface area contributed by atoms with Crippen LogP contribution < -0.4 is 5.32 Å². The van der Waals surface area contributed by atoms with Gasteiger partial charge in [-0.25, -0.2) is 4.98 Å². The third kappa shape index (κ3) is 4.07. The topological polar surface area (TPSA) is 67.8 Å². The Morgan fingerprint density at radius 1 is 1.05 bits per heavy atom. The number of carbonyl (C=O) groups excluding carboxylic acids is 1. The summed E-state index contributed by atoms with van der Waals surface area (Å²) in [6.07, 6.45) is 1.53. The first-order valence-corrected chi connectivity index (χ1v) is 8.12. The van der Waals surface area contributed by atoms with Crippen molar-refractivity contribution in [3.8, 4) is 0 Å². The van der Waals surface area contributed by atoms with Crippen LogP contribution in [-0.2, 0) is 12.8 Å². The van der Waals surface area contributed by atoms with Crippen molar-refractivity contribution in [2.45, 2.75) is 26.7 Å². The summed E-state index contributed by atoms with van der Waals surface area (Å²) in [6, 6.07) is 5.32. The molecule has 0 aliphatic carbocycles. The van der Waals surface area contributed by atoms with Crippen molar-refractivity contribution in [1.29, 1.82) is 0 Å². The zero-order valence-electron chi connectivity index (χ0n) is 11.7. The Labute approximate surface area is 139 Å². The van der Waals surface area contributed by atoms with E-state index >= 15 is 0 Å². The second-order valence-electron chi connectivity index (χ2n) is 4.35. The molecule has 0 atom stereocenters. The fourth-order valence-electron chi connectivity index (χ4n) is 1.85. The number of hydrogen-bond donors (Lipinski definition) is 1. The third-order valence-corrected chi connectivity index (χ3v) is 3.77. The van der Waals surface area contributed by atoms with Crippen molar-refractivity contribution in [1.82, 2.24) is 15.2 Å². The molecule has 0 bridgehead atoms. The van der Waals surface area contributed by atoms with Gasteiger partial charge >= 0.3 is 0 Å². The Kier molecular flexibility index (Phi) is 5.41. The molecule has 7 heteroatoms. The molecule has 5 nitrogen and oxygen atoms in total. The highest BCUT2D eigenvalue weighted by Crippen LogP contribution is 2.20. The number of halogens is 2. The number of carbonyl (C=O) groups is 1. The smallest absolute Gasteiger partial charge is 0.258 e. The fraction of sp³-hybridized carbons (Fsp3) is 0.286. The van der Waals surface area contributed by atoms with E-state index in [1.165, 1.54) is 0 Å². The molecule has 0 radical (unpaired) electrons. The quantitative estimate of drug-likeness (QED) is 0.828. The van der Waals surface area contributed by atoms with Gasteiger partial charge in [-0.15, -0.1) is 10.2 Å². The molecule has 0 fully saturated rings. The van der Waals surface area contributed by atoms with Crippen molar-refractivity contribution >= 4 is 43.7 Å². The predicted octanol–water partition coefficient (Wildman–Crippen LogP) is 3.77. The molecule has 2 rings (SSSR count). The summed E-state index contributed by atoms with van der Waals surface area (Å²) in [7, 11) is 0. The Morgan fingerprint density at radius 2 is 1.67 bits per heavy atom. The molecule has 1 N–H and O–H groups in total. The van der Waals surface area contributed by atoms with Crippen molar-refractivity contribution in [3.63, 3.8) is 0 Å². The highest BCUT2D eigenvalue weighted by atomic mass is 79.9. The molecule has 1 aromatic heterocycles. The zero-order chi connectivity index (χ0) is 15.4. The van der Waals surface area contributed by atoms with E-state index in [0.717, 1.165) is 33.2 Å². The second-order valence-corrected chi connectivity index (χ2v) is 6.18. The average molecular weight is 414 g/mol. The molecule has 0 aliphatic heterocycles. The number of nitrogens with one attached hydrogen (secondary N) is 1. The summed E-state index contributed by atoms with van der Waals surface area (Å²) in [5.74, 6) is -0.0461. The minimum atomic E-state index is -0.273. The van der Waals surface area contributed by atoms with Crippen LogP contribution >= 0.6 is 31.9 Å². The molecule has 0 aliphatic rings. The minimum absolute atomic E-state index is 0.227. The number of aryl methyl sites for hydroxylation is 2. The van der Waals surface area contributed by atoms with Gasteiger partial charge in [0.25, 0.3) is 5.91 Å². The Morgan fingerprint density at radius 3 is 2.24 bits per heavy atom. The zero-order valence-corrected chi connectivity index (χ0v) is 14.8. The van der Waals surface area contributed by atoms with Crippen LogP contribution in [0.25, 0.3) is 0 Å². The van der Waals surface area contributed by atoms with E-state index in [1.807, 2.05) is 19.9 Å². The van der Waals surface area contributed by atoms with E-state index < -0.39 is 0 Å². The molecule has 1 amide bonds. The Balaban J connectivity index is 2.23. The van der Waals surface area contributed by atoms with Gasteiger partial charge in [-0.2, -0.15) is 0 Å². The molecule has 0 spiro atoms. The monoisotopic (exact) mass is 412 g/mol. The summed E-state index contributed by atoms with van der Waals surface area (Å²) in [6.45, 7) is 4.00. The summed E-state index contributed by atoms with van der Waals surface area (Å²) in [4.78, 5) is 16.6. The molecule has 1 aromatic carbocycles. The number of anilines is 1. The van der Waals surface area contributed by atoms with E-state index in [1.54, 1.807) is 12.1 Å². The molecule has 1 heterocycles. The normalized spacial score (nSPS) is 10.5. The first-order chi connectivity index (χ1) is 10.0. The first kappa shape index (κ1) is 16.0. The van der Waals surface area contributed by atoms with Crippen LogP contribution in [0.2, 0.25) is 0 Å². The van der Waals surface area contributed by atoms with Crippen LogP contribution in [0.4, 0.5) is 5.95 Å². The van der Waals surface area contributed by atoms with Crippen LogP contribution in [0, 0.1) is 0 Å². The highest BCUT2D eigenvalue weighted by molar-refractivity contribution is 9.11. The van der Waals surface area contributed by atoms with Crippen LogP contribution in [0.5, 0.6) is 0 Å².